The lowest BCUT2D eigenvalue weighted by molar-refractivity contribution is -0.167. The lowest BCUT2D eigenvalue weighted by atomic mass is 10.1. The van der Waals surface area contributed by atoms with Gasteiger partial charge in [0.15, 0.2) is 6.10 Å². The predicted octanol–water partition coefficient (Wildman–Crippen LogP) is 18.0. The van der Waals surface area contributed by atoms with Gasteiger partial charge in [0.1, 0.15) is 13.2 Å². The van der Waals surface area contributed by atoms with Crippen LogP contribution < -0.4 is 0 Å². The Morgan fingerprint density at radius 2 is 0.578 bits per heavy atom. The highest BCUT2D eigenvalue weighted by molar-refractivity contribution is 5.71. The summed E-state index contributed by atoms with van der Waals surface area (Å²) in [5.41, 5.74) is 0. The number of esters is 3. The van der Waals surface area contributed by atoms with Crippen molar-refractivity contribution in [2.45, 2.75) is 277 Å². The average molecular weight is 895 g/mol. The van der Waals surface area contributed by atoms with Crippen molar-refractivity contribution in [1.82, 2.24) is 0 Å². The molecule has 0 amide bonds. The Balaban J connectivity index is 4.41. The normalized spacial score (nSPS) is 12.5. The summed E-state index contributed by atoms with van der Waals surface area (Å²) in [5, 5.41) is 0. The maximum Gasteiger partial charge on any atom is 0.306 e. The summed E-state index contributed by atoms with van der Waals surface area (Å²) in [4.78, 5) is 38.1. The first-order valence-corrected chi connectivity index (χ1v) is 27.3. The molecular weight excluding hydrogens is 793 g/mol. The van der Waals surface area contributed by atoms with E-state index in [1.165, 1.54) is 128 Å². The van der Waals surface area contributed by atoms with E-state index in [1.54, 1.807) is 0 Å². The zero-order valence-corrected chi connectivity index (χ0v) is 42.3. The summed E-state index contributed by atoms with van der Waals surface area (Å²) in [6, 6.07) is 0. The predicted molar refractivity (Wildman–Crippen MR) is 275 cm³/mol. The van der Waals surface area contributed by atoms with Crippen LogP contribution in [0.1, 0.15) is 271 Å². The highest BCUT2D eigenvalue weighted by atomic mass is 16.6. The van der Waals surface area contributed by atoms with Gasteiger partial charge in [0.05, 0.1) is 0 Å². The molecule has 0 aliphatic carbocycles. The summed E-state index contributed by atoms with van der Waals surface area (Å²) in [7, 11) is 0. The van der Waals surface area contributed by atoms with Gasteiger partial charge in [-0.25, -0.2) is 0 Å². The fourth-order valence-electron chi connectivity index (χ4n) is 7.54. The summed E-state index contributed by atoms with van der Waals surface area (Å²) in [5.74, 6) is -0.912. The minimum absolute atomic E-state index is 0.0863. The van der Waals surface area contributed by atoms with Crippen molar-refractivity contribution in [3.8, 4) is 0 Å². The van der Waals surface area contributed by atoms with Crippen molar-refractivity contribution in [2.75, 3.05) is 13.2 Å². The van der Waals surface area contributed by atoms with Crippen molar-refractivity contribution >= 4 is 17.9 Å². The molecule has 0 saturated heterocycles. The number of rotatable bonds is 49. The summed E-state index contributed by atoms with van der Waals surface area (Å²) < 4.78 is 16.8. The van der Waals surface area contributed by atoms with E-state index in [2.05, 4.69) is 81.5 Å². The largest absolute Gasteiger partial charge is 0.462 e. The summed E-state index contributed by atoms with van der Waals surface area (Å²) in [6.07, 6.45) is 64.8. The first kappa shape index (κ1) is 61.1. The van der Waals surface area contributed by atoms with Crippen molar-refractivity contribution in [3.63, 3.8) is 0 Å². The van der Waals surface area contributed by atoms with Gasteiger partial charge >= 0.3 is 17.9 Å². The number of unbranched alkanes of at least 4 members (excludes halogenated alkanes) is 28. The highest BCUT2D eigenvalue weighted by Crippen LogP contribution is 2.14. The third-order valence-electron chi connectivity index (χ3n) is 11.7. The molecule has 0 fully saturated rings. The first-order valence-electron chi connectivity index (χ1n) is 27.3. The van der Waals surface area contributed by atoms with Crippen LogP contribution in [0, 0.1) is 0 Å². The molecule has 0 aromatic rings. The molecule has 1 atom stereocenters. The Morgan fingerprint density at radius 1 is 0.312 bits per heavy atom. The van der Waals surface area contributed by atoms with Crippen molar-refractivity contribution in [3.05, 3.63) is 60.8 Å². The van der Waals surface area contributed by atoms with Gasteiger partial charge in [0.2, 0.25) is 0 Å². The molecule has 0 spiro atoms. The summed E-state index contributed by atoms with van der Waals surface area (Å²) >= 11 is 0. The molecule has 64 heavy (non-hydrogen) atoms. The average Bonchev–Trinajstić information content (AvgIpc) is 3.29. The molecule has 0 radical (unpaired) electrons. The van der Waals surface area contributed by atoms with Crippen LogP contribution in [0.3, 0.4) is 0 Å². The molecule has 0 saturated carbocycles. The molecule has 0 heterocycles. The first-order chi connectivity index (χ1) is 31.5. The van der Waals surface area contributed by atoms with Crippen LogP contribution in [0.4, 0.5) is 0 Å². The number of ether oxygens (including phenoxy) is 3. The quantitative estimate of drug-likeness (QED) is 0.0262. The second-order valence-electron chi connectivity index (χ2n) is 18.1. The summed E-state index contributed by atoms with van der Waals surface area (Å²) in [6.45, 7) is 6.55. The van der Waals surface area contributed by atoms with Crippen LogP contribution in [0.2, 0.25) is 0 Å². The molecule has 0 rings (SSSR count). The fourth-order valence-corrected chi connectivity index (χ4v) is 7.54. The third kappa shape index (κ3) is 50.1. The fraction of sp³-hybridized carbons (Fsp3) is 0.776. The maximum atomic E-state index is 12.8. The molecule has 0 aliphatic rings. The van der Waals surface area contributed by atoms with E-state index in [0.717, 1.165) is 103 Å². The van der Waals surface area contributed by atoms with Gasteiger partial charge in [0.25, 0.3) is 0 Å². The number of hydrogen-bond donors (Lipinski definition) is 0. The standard InChI is InChI=1S/C58H102O6/c1-4-7-10-13-16-19-22-25-28-29-31-33-36-39-42-45-48-51-57(60)63-54-55(53-62-56(59)50-47-44-41-38-35-32-27-24-21-18-15-12-9-6-3)64-58(61)52-49-46-43-40-37-34-30-26-23-20-17-14-11-8-5-2/h15,17-18,20,24-28,30,55H,4-14,16,19,21-23,29,31-54H2,1-3H3/b18-15-,20-17-,27-24-,28-25-,30-26-/t55-/m1/s1. The van der Waals surface area contributed by atoms with Crippen molar-refractivity contribution in [1.29, 1.82) is 0 Å². The number of hydrogen-bond acceptors (Lipinski definition) is 6. The molecule has 370 valence electrons. The molecule has 0 aromatic heterocycles. The number of carbonyl (C=O) groups excluding carboxylic acids is 3. The highest BCUT2D eigenvalue weighted by Gasteiger charge is 2.19. The van der Waals surface area contributed by atoms with Crippen LogP contribution in [-0.2, 0) is 28.6 Å². The molecule has 0 aliphatic heterocycles. The Kier molecular flexibility index (Phi) is 50.4. The Labute approximate surface area is 396 Å². The van der Waals surface area contributed by atoms with E-state index >= 15 is 0 Å². The van der Waals surface area contributed by atoms with Crippen LogP contribution in [-0.4, -0.2) is 37.2 Å². The molecule has 6 heteroatoms. The van der Waals surface area contributed by atoms with Crippen LogP contribution >= 0.6 is 0 Å². The zero-order chi connectivity index (χ0) is 46.5. The van der Waals surface area contributed by atoms with Gasteiger partial charge < -0.3 is 14.2 Å². The number of allylic oxidation sites excluding steroid dienone is 10. The molecular formula is C58H102O6. The van der Waals surface area contributed by atoms with Gasteiger partial charge in [-0.1, -0.05) is 210 Å². The molecule has 6 nitrogen and oxygen atoms in total. The van der Waals surface area contributed by atoms with Crippen LogP contribution in [0.5, 0.6) is 0 Å². The van der Waals surface area contributed by atoms with E-state index in [0.29, 0.717) is 19.3 Å². The van der Waals surface area contributed by atoms with E-state index in [4.69, 9.17) is 14.2 Å². The minimum Gasteiger partial charge on any atom is -0.462 e. The van der Waals surface area contributed by atoms with Gasteiger partial charge in [-0.15, -0.1) is 0 Å². The van der Waals surface area contributed by atoms with Gasteiger partial charge in [-0.3, -0.25) is 14.4 Å². The van der Waals surface area contributed by atoms with Gasteiger partial charge in [0, 0.05) is 19.3 Å². The minimum atomic E-state index is -0.788. The van der Waals surface area contributed by atoms with E-state index in [1.807, 2.05) is 0 Å². The van der Waals surface area contributed by atoms with Crippen molar-refractivity contribution < 1.29 is 28.6 Å². The van der Waals surface area contributed by atoms with Crippen LogP contribution in [0.25, 0.3) is 0 Å². The third-order valence-corrected chi connectivity index (χ3v) is 11.7. The second kappa shape index (κ2) is 52.7. The SMILES string of the molecule is CCCC/C=C\C/C=C\CCCCCCCC(=O)OC[C@H](COC(=O)CCCCCCCCC/C=C\CCCCCCCC)OC(=O)CCCCCCC/C=C\C/C=C\CCCCC. The smallest absolute Gasteiger partial charge is 0.306 e. The maximum absolute atomic E-state index is 12.8. The Hall–Kier alpha value is -2.89. The number of carbonyl (C=O) groups is 3. The lowest BCUT2D eigenvalue weighted by Crippen LogP contribution is -2.30. The van der Waals surface area contributed by atoms with E-state index in [9.17, 15) is 14.4 Å². The Morgan fingerprint density at radius 3 is 0.953 bits per heavy atom. The zero-order valence-electron chi connectivity index (χ0n) is 42.3. The molecule has 0 bridgehead atoms. The monoisotopic (exact) mass is 895 g/mol. The van der Waals surface area contributed by atoms with E-state index in [-0.39, 0.29) is 31.1 Å². The molecule has 0 unspecified atom stereocenters. The van der Waals surface area contributed by atoms with E-state index < -0.39 is 6.10 Å². The molecule has 0 N–H and O–H groups in total. The lowest BCUT2D eigenvalue weighted by Gasteiger charge is -2.18. The van der Waals surface area contributed by atoms with Gasteiger partial charge in [-0.2, -0.15) is 0 Å². The van der Waals surface area contributed by atoms with Gasteiger partial charge in [-0.05, 0) is 103 Å². The second-order valence-corrected chi connectivity index (χ2v) is 18.1. The molecule has 0 aromatic carbocycles. The van der Waals surface area contributed by atoms with Crippen molar-refractivity contribution in [2.24, 2.45) is 0 Å². The Bertz CT molecular complexity index is 1170. The van der Waals surface area contributed by atoms with Crippen LogP contribution in [0.15, 0.2) is 60.8 Å². The topological polar surface area (TPSA) is 78.9 Å².